The van der Waals surface area contributed by atoms with E-state index in [0.717, 1.165) is 19.5 Å². The van der Waals surface area contributed by atoms with Crippen LogP contribution >= 0.6 is 0 Å². The van der Waals surface area contributed by atoms with Crippen molar-refractivity contribution in [3.05, 3.63) is 34.7 Å². The highest BCUT2D eigenvalue weighted by molar-refractivity contribution is 5.76. The Kier molecular flexibility index (Phi) is 3.58. The molecule has 1 N–H and O–H groups in total. The summed E-state index contributed by atoms with van der Waals surface area (Å²) in [5.41, 5.74) is -0.140. The van der Waals surface area contributed by atoms with Gasteiger partial charge in [0, 0.05) is 31.9 Å². The summed E-state index contributed by atoms with van der Waals surface area (Å²) in [5.74, 6) is -0.0213. The number of likely N-dealkylation sites (N-methyl/N-ethyl adjacent to an activating group) is 1. The Morgan fingerprint density at radius 1 is 1.59 bits per heavy atom. The molecule has 0 saturated carbocycles. The number of rotatable bonds is 3. The topological polar surface area (TPSA) is 54.3 Å². The minimum absolute atomic E-state index is 0.0213. The van der Waals surface area contributed by atoms with Gasteiger partial charge in [0.05, 0.1) is 0 Å². The number of hydrogen-bond acceptors (Lipinski definition) is 3. The van der Waals surface area contributed by atoms with E-state index in [2.05, 4.69) is 5.32 Å². The zero-order chi connectivity index (χ0) is 12.3. The predicted octanol–water partition coefficient (Wildman–Crippen LogP) is -0.331. The number of nitrogens with zero attached hydrogens (tertiary/aromatic N) is 2. The molecule has 2 rings (SSSR count). The highest BCUT2D eigenvalue weighted by Gasteiger charge is 2.23. The van der Waals surface area contributed by atoms with E-state index in [1.807, 2.05) is 0 Å². The van der Waals surface area contributed by atoms with Crippen molar-refractivity contribution >= 4 is 5.91 Å². The second kappa shape index (κ2) is 5.14. The third-order valence-corrected chi connectivity index (χ3v) is 3.18. The van der Waals surface area contributed by atoms with Gasteiger partial charge in [-0.3, -0.25) is 9.59 Å². The van der Waals surface area contributed by atoms with Crippen LogP contribution in [0.3, 0.4) is 0 Å². The van der Waals surface area contributed by atoms with E-state index in [0.29, 0.717) is 0 Å². The molecule has 1 aromatic rings. The normalized spacial score (nSPS) is 19.2. The fourth-order valence-electron chi connectivity index (χ4n) is 2.02. The van der Waals surface area contributed by atoms with Crippen molar-refractivity contribution in [2.75, 3.05) is 20.1 Å². The SMILES string of the molecule is CN(C(=O)Cn1ccccc1=O)C1CCNC1. The number of nitrogens with one attached hydrogen (secondary N) is 1. The predicted molar refractivity (Wildman–Crippen MR) is 64.7 cm³/mol. The molecule has 1 atom stereocenters. The first-order valence-corrected chi connectivity index (χ1v) is 5.80. The second-order valence-corrected chi connectivity index (χ2v) is 4.32. The molecule has 1 saturated heterocycles. The molecule has 1 aromatic heterocycles. The molecule has 5 heteroatoms. The van der Waals surface area contributed by atoms with Crippen LogP contribution in [0.15, 0.2) is 29.2 Å². The van der Waals surface area contributed by atoms with Crippen LogP contribution in [-0.4, -0.2) is 41.6 Å². The molecule has 1 unspecified atom stereocenters. The van der Waals surface area contributed by atoms with Crippen molar-refractivity contribution in [3.8, 4) is 0 Å². The summed E-state index contributed by atoms with van der Waals surface area (Å²) in [6, 6.07) is 5.14. The average molecular weight is 235 g/mol. The van der Waals surface area contributed by atoms with E-state index in [9.17, 15) is 9.59 Å². The van der Waals surface area contributed by atoms with Crippen LogP contribution in [0.1, 0.15) is 6.42 Å². The molecule has 1 fully saturated rings. The lowest BCUT2D eigenvalue weighted by Crippen LogP contribution is -2.41. The fraction of sp³-hybridized carbons (Fsp3) is 0.500. The molecule has 1 aliphatic rings. The lowest BCUT2D eigenvalue weighted by atomic mass is 10.2. The van der Waals surface area contributed by atoms with Gasteiger partial charge in [0.15, 0.2) is 0 Å². The Morgan fingerprint density at radius 3 is 3.06 bits per heavy atom. The van der Waals surface area contributed by atoms with Gasteiger partial charge in [-0.05, 0) is 19.0 Å². The third kappa shape index (κ3) is 2.74. The van der Waals surface area contributed by atoms with Gasteiger partial charge >= 0.3 is 0 Å². The molecule has 5 nitrogen and oxygen atoms in total. The lowest BCUT2D eigenvalue weighted by molar-refractivity contribution is -0.132. The molecular weight excluding hydrogens is 218 g/mol. The van der Waals surface area contributed by atoms with Gasteiger partial charge in [-0.25, -0.2) is 0 Å². The van der Waals surface area contributed by atoms with Gasteiger partial charge in [0.1, 0.15) is 6.54 Å². The Morgan fingerprint density at radius 2 is 2.41 bits per heavy atom. The first kappa shape index (κ1) is 11.9. The maximum absolute atomic E-state index is 12.0. The van der Waals surface area contributed by atoms with Crippen molar-refractivity contribution < 1.29 is 4.79 Å². The number of hydrogen-bond donors (Lipinski definition) is 1. The van der Waals surface area contributed by atoms with Crippen LogP contribution in [0.5, 0.6) is 0 Å². The van der Waals surface area contributed by atoms with Crippen molar-refractivity contribution in [1.82, 2.24) is 14.8 Å². The van der Waals surface area contributed by atoms with Gasteiger partial charge in [0.2, 0.25) is 5.91 Å². The number of carbonyl (C=O) groups excluding carboxylic acids is 1. The van der Waals surface area contributed by atoms with Crippen LogP contribution in [0.4, 0.5) is 0 Å². The van der Waals surface area contributed by atoms with Crippen LogP contribution < -0.4 is 10.9 Å². The lowest BCUT2D eigenvalue weighted by Gasteiger charge is -2.24. The standard InChI is InChI=1S/C12H17N3O2/c1-14(10-5-6-13-8-10)12(17)9-15-7-3-2-4-11(15)16/h2-4,7,10,13H,5-6,8-9H2,1H3. The Bertz CT molecular complexity index is 449. The van der Waals surface area contributed by atoms with Crippen LogP contribution in [0.25, 0.3) is 0 Å². The Hall–Kier alpha value is -1.62. The number of aromatic nitrogens is 1. The third-order valence-electron chi connectivity index (χ3n) is 3.18. The molecule has 17 heavy (non-hydrogen) atoms. The summed E-state index contributed by atoms with van der Waals surface area (Å²) in [6.07, 6.45) is 2.62. The van der Waals surface area contributed by atoms with E-state index in [4.69, 9.17) is 0 Å². The smallest absolute Gasteiger partial charge is 0.250 e. The molecule has 0 spiro atoms. The van der Waals surface area contributed by atoms with Crippen LogP contribution in [0, 0.1) is 0 Å². The highest BCUT2D eigenvalue weighted by atomic mass is 16.2. The zero-order valence-corrected chi connectivity index (χ0v) is 9.93. The number of carbonyl (C=O) groups is 1. The average Bonchev–Trinajstić information content (AvgIpc) is 2.84. The van der Waals surface area contributed by atoms with Gasteiger partial charge < -0.3 is 14.8 Å². The molecule has 0 aromatic carbocycles. The summed E-state index contributed by atoms with van der Waals surface area (Å²) in [7, 11) is 1.80. The molecule has 1 amide bonds. The summed E-state index contributed by atoms with van der Waals surface area (Å²) in [5, 5.41) is 3.22. The van der Waals surface area contributed by atoms with Crippen molar-refractivity contribution in [2.24, 2.45) is 0 Å². The summed E-state index contributed by atoms with van der Waals surface area (Å²) >= 11 is 0. The van der Waals surface area contributed by atoms with Crippen molar-refractivity contribution in [1.29, 1.82) is 0 Å². The van der Waals surface area contributed by atoms with Crippen molar-refractivity contribution in [3.63, 3.8) is 0 Å². The second-order valence-electron chi connectivity index (χ2n) is 4.32. The van der Waals surface area contributed by atoms with Gasteiger partial charge in [-0.1, -0.05) is 6.07 Å². The Labute approximate surface area is 100 Å². The zero-order valence-electron chi connectivity index (χ0n) is 9.93. The first-order chi connectivity index (χ1) is 8.18. The maximum atomic E-state index is 12.0. The Balaban J connectivity index is 2.01. The van der Waals surface area contributed by atoms with Gasteiger partial charge in [0.25, 0.3) is 5.56 Å². The van der Waals surface area contributed by atoms with E-state index in [1.54, 1.807) is 30.3 Å². The molecule has 0 aliphatic carbocycles. The van der Waals surface area contributed by atoms with Gasteiger partial charge in [-0.15, -0.1) is 0 Å². The molecule has 92 valence electrons. The largest absolute Gasteiger partial charge is 0.340 e. The van der Waals surface area contributed by atoms with E-state index >= 15 is 0 Å². The summed E-state index contributed by atoms with van der Waals surface area (Å²) in [4.78, 5) is 25.2. The van der Waals surface area contributed by atoms with E-state index in [-0.39, 0.29) is 24.1 Å². The maximum Gasteiger partial charge on any atom is 0.250 e. The molecule has 0 bridgehead atoms. The van der Waals surface area contributed by atoms with Crippen molar-refractivity contribution in [2.45, 2.75) is 19.0 Å². The quantitative estimate of drug-likeness (QED) is 0.780. The van der Waals surface area contributed by atoms with Crippen LogP contribution in [0.2, 0.25) is 0 Å². The van der Waals surface area contributed by atoms with Crippen LogP contribution in [-0.2, 0) is 11.3 Å². The molecular formula is C12H17N3O2. The van der Waals surface area contributed by atoms with E-state index in [1.165, 1.54) is 10.6 Å². The monoisotopic (exact) mass is 235 g/mol. The minimum atomic E-state index is -0.140. The highest BCUT2D eigenvalue weighted by Crippen LogP contribution is 2.06. The fourth-order valence-corrected chi connectivity index (χ4v) is 2.02. The molecule has 1 aliphatic heterocycles. The summed E-state index contributed by atoms with van der Waals surface area (Å²) < 4.78 is 1.43. The molecule has 2 heterocycles. The number of pyridine rings is 1. The summed E-state index contributed by atoms with van der Waals surface area (Å²) in [6.45, 7) is 1.91. The molecule has 0 radical (unpaired) electrons. The first-order valence-electron chi connectivity index (χ1n) is 5.80. The van der Waals surface area contributed by atoms with Gasteiger partial charge in [-0.2, -0.15) is 0 Å². The number of amides is 1. The van der Waals surface area contributed by atoms with E-state index < -0.39 is 0 Å². The minimum Gasteiger partial charge on any atom is -0.340 e.